The van der Waals surface area contributed by atoms with Gasteiger partial charge in [-0.15, -0.1) is 0 Å². The van der Waals surface area contributed by atoms with Crippen LogP contribution >= 0.6 is 0 Å². The van der Waals surface area contributed by atoms with E-state index in [9.17, 15) is 4.79 Å². The largest absolute Gasteiger partial charge is 0.389 e. The molecule has 1 aromatic carbocycles. The number of nitrogens with zero attached hydrogens (tertiary/aromatic N) is 1. The van der Waals surface area contributed by atoms with E-state index in [4.69, 9.17) is 5.11 Å². The lowest BCUT2D eigenvalue weighted by Gasteiger charge is -2.37. The Morgan fingerprint density at radius 3 is 2.53 bits per heavy atom. The van der Waals surface area contributed by atoms with Crippen molar-refractivity contribution in [3.63, 3.8) is 0 Å². The summed E-state index contributed by atoms with van der Waals surface area (Å²) < 4.78 is 0. The zero-order valence-corrected chi connectivity index (χ0v) is 8.76. The number of aliphatic hydroxyl groups excluding tert-OH is 1. The lowest BCUT2D eigenvalue weighted by atomic mass is 9.98. The molecule has 1 heterocycles. The van der Waals surface area contributed by atoms with E-state index in [1.165, 1.54) is 0 Å². The van der Waals surface area contributed by atoms with Crippen molar-refractivity contribution in [2.45, 2.75) is 18.9 Å². The first-order valence-electron chi connectivity index (χ1n) is 5.20. The maximum absolute atomic E-state index is 11.9. The van der Waals surface area contributed by atoms with Crippen molar-refractivity contribution in [2.75, 3.05) is 13.1 Å². The summed E-state index contributed by atoms with van der Waals surface area (Å²) in [5.41, 5.74) is 1.03. The van der Waals surface area contributed by atoms with Crippen molar-refractivity contribution in [2.24, 2.45) is 0 Å². The number of carbonyl (C=O) groups excluding carboxylic acids is 1. The Labute approximate surface area is 89.3 Å². The molecule has 0 aliphatic carbocycles. The molecule has 3 nitrogen and oxygen atoms in total. The van der Waals surface area contributed by atoms with E-state index in [0.717, 1.165) is 5.56 Å². The summed E-state index contributed by atoms with van der Waals surface area (Å²) in [6, 6.07) is 9.72. The standard InChI is InChI=1S/C12H15NO2/c1-9(10-5-3-2-4-6-10)12(15)13-7-11(14)8-13/h2-6,9,11,14H,7-8H2,1H3/t9-/m1/s1. The maximum atomic E-state index is 11.9. The first kappa shape index (κ1) is 10.2. The molecule has 0 unspecified atom stereocenters. The number of benzene rings is 1. The SMILES string of the molecule is C[C@@H](C(=O)N1CC(O)C1)c1ccccc1. The van der Waals surface area contributed by atoms with Gasteiger partial charge in [0.15, 0.2) is 0 Å². The Morgan fingerprint density at radius 1 is 1.40 bits per heavy atom. The summed E-state index contributed by atoms with van der Waals surface area (Å²) >= 11 is 0. The highest BCUT2D eigenvalue weighted by atomic mass is 16.3. The fraction of sp³-hybridized carbons (Fsp3) is 0.417. The number of hydrogen-bond acceptors (Lipinski definition) is 2. The van der Waals surface area contributed by atoms with Gasteiger partial charge in [-0.1, -0.05) is 30.3 Å². The number of carbonyl (C=O) groups is 1. The number of β-amino-alcohol motifs (C(OH)–C–C–N with tert-alkyl or cyclic N) is 1. The van der Waals surface area contributed by atoms with Crippen LogP contribution in [0, 0.1) is 0 Å². The molecule has 2 rings (SSSR count). The molecule has 1 aliphatic rings. The average molecular weight is 205 g/mol. The van der Waals surface area contributed by atoms with Crippen LogP contribution in [0.4, 0.5) is 0 Å². The first-order valence-corrected chi connectivity index (χ1v) is 5.20. The molecule has 1 N–H and O–H groups in total. The van der Waals surface area contributed by atoms with Gasteiger partial charge in [-0.3, -0.25) is 4.79 Å². The van der Waals surface area contributed by atoms with Crippen LogP contribution in [-0.4, -0.2) is 35.1 Å². The van der Waals surface area contributed by atoms with Gasteiger partial charge in [-0.05, 0) is 12.5 Å². The predicted molar refractivity (Wildman–Crippen MR) is 57.4 cm³/mol. The molecule has 0 bridgehead atoms. The van der Waals surface area contributed by atoms with Crippen LogP contribution in [0.25, 0.3) is 0 Å². The van der Waals surface area contributed by atoms with Crippen LogP contribution in [0.1, 0.15) is 18.4 Å². The van der Waals surface area contributed by atoms with E-state index in [0.29, 0.717) is 13.1 Å². The minimum Gasteiger partial charge on any atom is -0.389 e. The summed E-state index contributed by atoms with van der Waals surface area (Å²) in [4.78, 5) is 13.6. The summed E-state index contributed by atoms with van der Waals surface area (Å²) in [7, 11) is 0. The molecule has 0 saturated carbocycles. The van der Waals surface area contributed by atoms with Gasteiger partial charge in [-0.2, -0.15) is 0 Å². The Hall–Kier alpha value is -1.35. The number of hydrogen-bond donors (Lipinski definition) is 1. The van der Waals surface area contributed by atoms with Crippen molar-refractivity contribution in [1.82, 2.24) is 4.90 Å². The van der Waals surface area contributed by atoms with Crippen molar-refractivity contribution in [3.05, 3.63) is 35.9 Å². The van der Waals surface area contributed by atoms with E-state index < -0.39 is 0 Å². The summed E-state index contributed by atoms with van der Waals surface area (Å²) in [5.74, 6) is -0.00907. The molecule has 1 atom stereocenters. The maximum Gasteiger partial charge on any atom is 0.230 e. The Morgan fingerprint density at radius 2 is 2.00 bits per heavy atom. The zero-order valence-electron chi connectivity index (χ0n) is 8.76. The predicted octanol–water partition coefficient (Wildman–Crippen LogP) is 0.993. The average Bonchev–Trinajstić information content (AvgIpc) is 2.24. The van der Waals surface area contributed by atoms with Crippen molar-refractivity contribution in [1.29, 1.82) is 0 Å². The van der Waals surface area contributed by atoms with Gasteiger partial charge in [-0.25, -0.2) is 0 Å². The second kappa shape index (κ2) is 4.03. The van der Waals surface area contributed by atoms with Crippen LogP contribution < -0.4 is 0 Å². The topological polar surface area (TPSA) is 40.5 Å². The second-order valence-corrected chi connectivity index (χ2v) is 4.03. The van der Waals surface area contributed by atoms with Crippen LogP contribution in [0.15, 0.2) is 30.3 Å². The molecule has 1 aromatic rings. The normalized spacial score (nSPS) is 18.4. The highest BCUT2D eigenvalue weighted by Crippen LogP contribution is 2.20. The molecule has 0 spiro atoms. The van der Waals surface area contributed by atoms with Gasteiger partial charge in [0.2, 0.25) is 5.91 Å². The van der Waals surface area contributed by atoms with E-state index in [1.54, 1.807) is 4.90 Å². The summed E-state index contributed by atoms with van der Waals surface area (Å²) in [5, 5.41) is 9.13. The van der Waals surface area contributed by atoms with E-state index in [-0.39, 0.29) is 17.9 Å². The van der Waals surface area contributed by atoms with Crippen molar-refractivity contribution in [3.8, 4) is 0 Å². The van der Waals surface area contributed by atoms with Crippen LogP contribution in [-0.2, 0) is 4.79 Å². The smallest absolute Gasteiger partial charge is 0.230 e. The third-order valence-electron chi connectivity index (χ3n) is 2.84. The molecular weight excluding hydrogens is 190 g/mol. The Kier molecular flexibility index (Phi) is 2.73. The van der Waals surface area contributed by atoms with Crippen LogP contribution in [0.5, 0.6) is 0 Å². The Bertz CT molecular complexity index is 344. The van der Waals surface area contributed by atoms with Gasteiger partial charge in [0.05, 0.1) is 12.0 Å². The van der Waals surface area contributed by atoms with Crippen LogP contribution in [0.2, 0.25) is 0 Å². The summed E-state index contributed by atoms with van der Waals surface area (Å²) in [6.07, 6.45) is -0.322. The number of amides is 1. The summed E-state index contributed by atoms with van der Waals surface area (Å²) in [6.45, 7) is 2.87. The van der Waals surface area contributed by atoms with Gasteiger partial charge in [0.1, 0.15) is 0 Å². The van der Waals surface area contributed by atoms with Crippen LogP contribution in [0.3, 0.4) is 0 Å². The molecule has 80 valence electrons. The molecule has 15 heavy (non-hydrogen) atoms. The minimum atomic E-state index is -0.322. The van der Waals surface area contributed by atoms with Crippen molar-refractivity contribution >= 4 is 5.91 Å². The monoisotopic (exact) mass is 205 g/mol. The minimum absolute atomic E-state index is 0.103. The highest BCUT2D eigenvalue weighted by molar-refractivity contribution is 5.84. The molecular formula is C12H15NO2. The molecule has 3 heteroatoms. The fourth-order valence-electron chi connectivity index (χ4n) is 1.79. The molecule has 1 amide bonds. The van der Waals surface area contributed by atoms with Gasteiger partial charge in [0.25, 0.3) is 0 Å². The van der Waals surface area contributed by atoms with Gasteiger partial charge < -0.3 is 10.0 Å². The first-order chi connectivity index (χ1) is 7.18. The third kappa shape index (κ3) is 2.02. The Balaban J connectivity index is 2.02. The third-order valence-corrected chi connectivity index (χ3v) is 2.84. The molecule has 1 aliphatic heterocycles. The van der Waals surface area contributed by atoms with E-state index in [2.05, 4.69) is 0 Å². The molecule has 0 radical (unpaired) electrons. The van der Waals surface area contributed by atoms with E-state index >= 15 is 0 Å². The fourth-order valence-corrected chi connectivity index (χ4v) is 1.79. The number of aliphatic hydroxyl groups is 1. The van der Waals surface area contributed by atoms with E-state index in [1.807, 2.05) is 37.3 Å². The highest BCUT2D eigenvalue weighted by Gasteiger charge is 2.31. The number of likely N-dealkylation sites (tertiary alicyclic amines) is 1. The van der Waals surface area contributed by atoms with Gasteiger partial charge >= 0.3 is 0 Å². The lowest BCUT2D eigenvalue weighted by molar-refractivity contribution is -0.142. The number of rotatable bonds is 2. The second-order valence-electron chi connectivity index (χ2n) is 4.03. The van der Waals surface area contributed by atoms with Crippen molar-refractivity contribution < 1.29 is 9.90 Å². The lowest BCUT2D eigenvalue weighted by Crippen LogP contribution is -2.54. The van der Waals surface area contributed by atoms with Gasteiger partial charge in [0, 0.05) is 13.1 Å². The molecule has 1 fully saturated rings. The zero-order chi connectivity index (χ0) is 10.8. The molecule has 1 saturated heterocycles. The molecule has 0 aromatic heterocycles. The quantitative estimate of drug-likeness (QED) is 0.782.